The Hall–Kier alpha value is -1.59. The summed E-state index contributed by atoms with van der Waals surface area (Å²) >= 11 is 0. The van der Waals surface area contributed by atoms with Crippen LogP contribution in [-0.4, -0.2) is 36.2 Å². The molecule has 0 bridgehead atoms. The van der Waals surface area contributed by atoms with E-state index in [4.69, 9.17) is 8.94 Å². The molecule has 1 fully saturated rings. The van der Waals surface area contributed by atoms with E-state index >= 15 is 0 Å². The van der Waals surface area contributed by atoms with E-state index in [-0.39, 0.29) is 0 Å². The highest BCUT2D eigenvalue weighted by molar-refractivity contribution is 5.49. The molecular weight excluding hydrogens is 230 g/mol. The van der Waals surface area contributed by atoms with Crippen molar-refractivity contribution in [1.82, 2.24) is 15.4 Å². The molecular formula is C13H17N3O2. The summed E-state index contributed by atoms with van der Waals surface area (Å²) in [4.78, 5) is 2.38. The van der Waals surface area contributed by atoms with Gasteiger partial charge in [-0.1, -0.05) is 5.16 Å². The lowest BCUT2D eigenvalue weighted by Crippen LogP contribution is -2.29. The Labute approximate surface area is 106 Å². The summed E-state index contributed by atoms with van der Waals surface area (Å²) in [5, 5.41) is 7.40. The zero-order valence-corrected chi connectivity index (χ0v) is 10.4. The van der Waals surface area contributed by atoms with Gasteiger partial charge in [-0.05, 0) is 25.6 Å². The molecule has 3 heterocycles. The molecule has 0 aliphatic carbocycles. The van der Waals surface area contributed by atoms with Crippen LogP contribution < -0.4 is 5.32 Å². The Morgan fingerprint density at radius 2 is 2.44 bits per heavy atom. The third-order valence-electron chi connectivity index (χ3n) is 3.39. The molecule has 1 N–H and O–H groups in total. The van der Waals surface area contributed by atoms with Gasteiger partial charge in [0.2, 0.25) is 5.76 Å². The van der Waals surface area contributed by atoms with Crippen LogP contribution in [-0.2, 0) is 6.54 Å². The summed E-state index contributed by atoms with van der Waals surface area (Å²) in [6, 6.07) is 6.26. The first-order valence-corrected chi connectivity index (χ1v) is 6.24. The zero-order chi connectivity index (χ0) is 12.4. The number of likely N-dealkylation sites (N-methyl/N-ethyl adjacent to an activating group) is 1. The number of hydrogen-bond donors (Lipinski definition) is 1. The van der Waals surface area contributed by atoms with Crippen molar-refractivity contribution in [3.63, 3.8) is 0 Å². The van der Waals surface area contributed by atoms with Crippen molar-refractivity contribution in [3.8, 4) is 11.5 Å². The molecule has 0 spiro atoms. The Balaban J connectivity index is 1.64. The van der Waals surface area contributed by atoms with Gasteiger partial charge in [0.05, 0.1) is 12.0 Å². The number of nitrogens with one attached hydrogen (secondary N) is 1. The van der Waals surface area contributed by atoms with Crippen LogP contribution in [0.2, 0.25) is 0 Å². The highest BCUT2D eigenvalue weighted by atomic mass is 16.5. The molecule has 1 saturated heterocycles. The molecule has 2 aromatic rings. The molecule has 3 rings (SSSR count). The van der Waals surface area contributed by atoms with Crippen LogP contribution in [0, 0.1) is 0 Å². The highest BCUT2D eigenvalue weighted by Crippen LogP contribution is 2.22. The van der Waals surface area contributed by atoms with Crippen LogP contribution in [0.3, 0.4) is 0 Å². The summed E-state index contributed by atoms with van der Waals surface area (Å²) in [6.07, 6.45) is 2.83. The van der Waals surface area contributed by atoms with Gasteiger partial charge in [-0.3, -0.25) is 4.90 Å². The second-order valence-electron chi connectivity index (χ2n) is 4.67. The summed E-state index contributed by atoms with van der Waals surface area (Å²) in [5.41, 5.74) is 0.957. The molecule has 1 aliphatic rings. The smallest absolute Gasteiger partial charge is 0.202 e. The minimum Gasteiger partial charge on any atom is -0.461 e. The summed E-state index contributed by atoms with van der Waals surface area (Å²) in [6.45, 7) is 3.01. The van der Waals surface area contributed by atoms with Gasteiger partial charge in [0.15, 0.2) is 5.76 Å². The minimum absolute atomic E-state index is 0.599. The topological polar surface area (TPSA) is 54.4 Å². The first-order valence-electron chi connectivity index (χ1n) is 6.24. The first kappa shape index (κ1) is 11.5. The van der Waals surface area contributed by atoms with E-state index in [9.17, 15) is 0 Å². The SMILES string of the molecule is CNC1CCN(Cc2cc(-c3ccco3)on2)C1. The highest BCUT2D eigenvalue weighted by Gasteiger charge is 2.22. The molecule has 96 valence electrons. The van der Waals surface area contributed by atoms with E-state index in [0.29, 0.717) is 11.8 Å². The second-order valence-corrected chi connectivity index (χ2v) is 4.67. The summed E-state index contributed by atoms with van der Waals surface area (Å²) < 4.78 is 10.6. The number of likely N-dealkylation sites (tertiary alicyclic amines) is 1. The molecule has 1 aliphatic heterocycles. The molecule has 18 heavy (non-hydrogen) atoms. The maximum Gasteiger partial charge on any atom is 0.202 e. The monoisotopic (exact) mass is 247 g/mol. The van der Waals surface area contributed by atoms with E-state index in [1.54, 1.807) is 6.26 Å². The third-order valence-corrected chi connectivity index (χ3v) is 3.39. The second kappa shape index (κ2) is 4.96. The Morgan fingerprint density at radius 3 is 3.17 bits per heavy atom. The van der Waals surface area contributed by atoms with Gasteiger partial charge >= 0.3 is 0 Å². The standard InChI is InChI=1S/C13H17N3O2/c1-14-10-4-5-16(8-10)9-11-7-13(18-15-11)12-3-2-6-17-12/h2-3,6-7,10,14H,4-5,8-9H2,1H3. The van der Waals surface area contributed by atoms with Crippen molar-refractivity contribution >= 4 is 0 Å². The van der Waals surface area contributed by atoms with Crippen molar-refractivity contribution in [2.24, 2.45) is 0 Å². The first-order chi connectivity index (χ1) is 8.85. The quantitative estimate of drug-likeness (QED) is 0.891. The largest absolute Gasteiger partial charge is 0.461 e. The zero-order valence-electron chi connectivity index (χ0n) is 10.4. The van der Waals surface area contributed by atoms with Crippen LogP contribution in [0.4, 0.5) is 0 Å². The van der Waals surface area contributed by atoms with Crippen LogP contribution in [0.1, 0.15) is 12.1 Å². The molecule has 0 amide bonds. The molecule has 2 aromatic heterocycles. The van der Waals surface area contributed by atoms with Gasteiger partial charge in [0.25, 0.3) is 0 Å². The number of nitrogens with zero attached hydrogens (tertiary/aromatic N) is 2. The number of hydrogen-bond acceptors (Lipinski definition) is 5. The van der Waals surface area contributed by atoms with E-state index in [1.165, 1.54) is 6.42 Å². The van der Waals surface area contributed by atoms with E-state index in [1.807, 2.05) is 25.2 Å². The molecule has 5 heteroatoms. The van der Waals surface area contributed by atoms with E-state index in [0.717, 1.165) is 31.1 Å². The van der Waals surface area contributed by atoms with Gasteiger partial charge in [0, 0.05) is 31.7 Å². The van der Waals surface area contributed by atoms with Crippen molar-refractivity contribution < 1.29 is 8.94 Å². The van der Waals surface area contributed by atoms with Gasteiger partial charge in [-0.25, -0.2) is 0 Å². The molecule has 0 saturated carbocycles. The Morgan fingerprint density at radius 1 is 1.50 bits per heavy atom. The molecule has 1 atom stereocenters. The average Bonchev–Trinajstić information content (AvgIpc) is 3.10. The molecule has 0 aromatic carbocycles. The molecule has 0 radical (unpaired) electrons. The van der Waals surface area contributed by atoms with E-state index < -0.39 is 0 Å². The minimum atomic E-state index is 0.599. The average molecular weight is 247 g/mol. The third kappa shape index (κ3) is 2.32. The fraction of sp³-hybridized carbons (Fsp3) is 0.462. The Bertz CT molecular complexity index is 492. The molecule has 1 unspecified atom stereocenters. The van der Waals surface area contributed by atoms with Crippen LogP contribution >= 0.6 is 0 Å². The summed E-state index contributed by atoms with van der Waals surface area (Å²) in [5.74, 6) is 1.42. The predicted molar refractivity (Wildman–Crippen MR) is 66.9 cm³/mol. The van der Waals surface area contributed by atoms with Crippen molar-refractivity contribution in [2.75, 3.05) is 20.1 Å². The number of furan rings is 1. The maximum atomic E-state index is 5.29. The van der Waals surface area contributed by atoms with Crippen LogP contribution in [0.15, 0.2) is 33.4 Å². The lowest BCUT2D eigenvalue weighted by molar-refractivity contribution is 0.307. The van der Waals surface area contributed by atoms with Gasteiger partial charge < -0.3 is 14.3 Å². The number of rotatable bonds is 4. The summed E-state index contributed by atoms with van der Waals surface area (Å²) in [7, 11) is 2.01. The Kier molecular flexibility index (Phi) is 3.17. The fourth-order valence-electron chi connectivity index (χ4n) is 2.36. The van der Waals surface area contributed by atoms with Crippen molar-refractivity contribution in [1.29, 1.82) is 0 Å². The van der Waals surface area contributed by atoms with Crippen molar-refractivity contribution in [3.05, 3.63) is 30.2 Å². The van der Waals surface area contributed by atoms with Crippen LogP contribution in [0.5, 0.6) is 0 Å². The van der Waals surface area contributed by atoms with Crippen molar-refractivity contribution in [2.45, 2.75) is 19.0 Å². The van der Waals surface area contributed by atoms with Gasteiger partial charge in [-0.2, -0.15) is 0 Å². The number of aromatic nitrogens is 1. The lowest BCUT2D eigenvalue weighted by atomic mass is 10.3. The molecule has 5 nitrogen and oxygen atoms in total. The maximum absolute atomic E-state index is 5.29. The predicted octanol–water partition coefficient (Wildman–Crippen LogP) is 1.73. The van der Waals surface area contributed by atoms with Gasteiger partial charge in [0.1, 0.15) is 0 Å². The van der Waals surface area contributed by atoms with E-state index in [2.05, 4.69) is 15.4 Å². The lowest BCUT2D eigenvalue weighted by Gasteiger charge is -2.13. The van der Waals surface area contributed by atoms with Crippen LogP contribution in [0.25, 0.3) is 11.5 Å². The normalized spacial score (nSPS) is 20.6. The van der Waals surface area contributed by atoms with Gasteiger partial charge in [-0.15, -0.1) is 0 Å². The fourth-order valence-corrected chi connectivity index (χ4v) is 2.36.